The van der Waals surface area contributed by atoms with Crippen molar-refractivity contribution >= 4 is 33.6 Å². The Morgan fingerprint density at radius 1 is 0.840 bits per heavy atom. The van der Waals surface area contributed by atoms with Crippen molar-refractivity contribution in [2.24, 2.45) is 10.2 Å². The summed E-state index contributed by atoms with van der Waals surface area (Å²) >= 11 is 0. The van der Waals surface area contributed by atoms with Crippen LogP contribution < -0.4 is 5.73 Å². The quantitative estimate of drug-likeness (QED) is 0.383. The Bertz CT molecular complexity index is 963. The SMILES string of the molecule is Nc1ccc(N=Nc2ccc(C(=O)C(F)(F)F)cc2)c2ccccc12. The molecule has 0 amide bonds. The molecular formula is C18H12F3N3O. The van der Waals surface area contributed by atoms with Gasteiger partial charge in [-0.3, -0.25) is 4.79 Å². The smallest absolute Gasteiger partial charge is 0.398 e. The third kappa shape index (κ3) is 3.50. The fraction of sp³-hybridized carbons (Fsp3) is 0.0556. The maximum atomic E-state index is 12.4. The highest BCUT2D eigenvalue weighted by Gasteiger charge is 2.39. The van der Waals surface area contributed by atoms with Crippen LogP contribution in [0.2, 0.25) is 0 Å². The Labute approximate surface area is 140 Å². The number of rotatable bonds is 3. The van der Waals surface area contributed by atoms with Crippen LogP contribution in [0.4, 0.5) is 30.2 Å². The lowest BCUT2D eigenvalue weighted by molar-refractivity contribution is -0.0885. The zero-order valence-electron chi connectivity index (χ0n) is 12.8. The second-order valence-corrected chi connectivity index (χ2v) is 5.29. The lowest BCUT2D eigenvalue weighted by atomic mass is 10.1. The minimum atomic E-state index is -4.90. The van der Waals surface area contributed by atoms with Crippen LogP contribution in [0.5, 0.6) is 0 Å². The first-order valence-corrected chi connectivity index (χ1v) is 7.27. The largest absolute Gasteiger partial charge is 0.454 e. The molecule has 0 saturated carbocycles. The summed E-state index contributed by atoms with van der Waals surface area (Å²) in [5.74, 6) is -1.89. The van der Waals surface area contributed by atoms with Gasteiger partial charge in [-0.15, -0.1) is 5.11 Å². The van der Waals surface area contributed by atoms with Crippen molar-refractivity contribution in [3.05, 3.63) is 66.2 Å². The van der Waals surface area contributed by atoms with Gasteiger partial charge in [0.2, 0.25) is 0 Å². The van der Waals surface area contributed by atoms with Gasteiger partial charge in [0.05, 0.1) is 11.4 Å². The molecule has 25 heavy (non-hydrogen) atoms. The van der Waals surface area contributed by atoms with Crippen LogP contribution >= 0.6 is 0 Å². The summed E-state index contributed by atoms with van der Waals surface area (Å²) in [6, 6.07) is 15.6. The van der Waals surface area contributed by atoms with Crippen LogP contribution in [0.25, 0.3) is 10.8 Å². The average Bonchev–Trinajstić information content (AvgIpc) is 2.60. The van der Waals surface area contributed by atoms with E-state index in [-0.39, 0.29) is 0 Å². The van der Waals surface area contributed by atoms with Crippen LogP contribution in [0.15, 0.2) is 70.9 Å². The van der Waals surface area contributed by atoms with Crippen molar-refractivity contribution < 1.29 is 18.0 Å². The molecule has 126 valence electrons. The molecule has 0 aliphatic heterocycles. The number of Topliss-reactive ketones (excluding diaryl/α,β-unsaturated/α-hetero) is 1. The standard InChI is InChI=1S/C18H12F3N3O/c19-18(20,21)17(25)11-5-7-12(8-6-11)23-24-16-10-9-15(22)13-3-1-2-4-14(13)16/h1-10H,22H2. The molecule has 0 spiro atoms. The summed E-state index contributed by atoms with van der Waals surface area (Å²) < 4.78 is 37.2. The predicted molar refractivity (Wildman–Crippen MR) is 89.4 cm³/mol. The molecule has 0 saturated heterocycles. The Hall–Kier alpha value is -3.22. The molecule has 0 aromatic heterocycles. The summed E-state index contributed by atoms with van der Waals surface area (Å²) in [5, 5.41) is 9.79. The van der Waals surface area contributed by atoms with Gasteiger partial charge in [-0.1, -0.05) is 24.3 Å². The molecule has 0 bridgehead atoms. The lowest BCUT2D eigenvalue weighted by Gasteiger charge is -2.05. The van der Waals surface area contributed by atoms with Crippen molar-refractivity contribution in [1.29, 1.82) is 0 Å². The van der Waals surface area contributed by atoms with Gasteiger partial charge in [-0.05, 0) is 36.4 Å². The van der Waals surface area contributed by atoms with Crippen molar-refractivity contribution in [2.75, 3.05) is 5.73 Å². The maximum absolute atomic E-state index is 12.4. The number of anilines is 1. The topological polar surface area (TPSA) is 67.8 Å². The summed E-state index contributed by atoms with van der Waals surface area (Å²) in [4.78, 5) is 11.1. The van der Waals surface area contributed by atoms with Crippen molar-refractivity contribution in [1.82, 2.24) is 0 Å². The average molecular weight is 343 g/mol. The van der Waals surface area contributed by atoms with Crippen LogP contribution in [0.1, 0.15) is 10.4 Å². The monoisotopic (exact) mass is 343 g/mol. The van der Waals surface area contributed by atoms with Gasteiger partial charge in [0, 0.05) is 22.0 Å². The van der Waals surface area contributed by atoms with Crippen LogP contribution in [0.3, 0.4) is 0 Å². The van der Waals surface area contributed by atoms with Crippen LogP contribution in [0, 0.1) is 0 Å². The molecule has 0 unspecified atom stereocenters. The first-order chi connectivity index (χ1) is 11.9. The summed E-state index contributed by atoms with van der Waals surface area (Å²) in [6.45, 7) is 0. The Kier molecular flexibility index (Phi) is 4.22. The number of nitrogen functional groups attached to an aromatic ring is 1. The molecule has 0 fully saturated rings. The van der Waals surface area contributed by atoms with E-state index in [1.807, 2.05) is 24.3 Å². The summed E-state index contributed by atoms with van der Waals surface area (Å²) in [6.07, 6.45) is -4.90. The highest BCUT2D eigenvalue weighted by molar-refractivity contribution is 6.01. The van der Waals surface area contributed by atoms with E-state index in [1.165, 1.54) is 12.1 Å². The highest BCUT2D eigenvalue weighted by Crippen LogP contribution is 2.31. The van der Waals surface area contributed by atoms with Gasteiger partial charge >= 0.3 is 6.18 Å². The van der Waals surface area contributed by atoms with E-state index in [0.29, 0.717) is 17.1 Å². The Balaban J connectivity index is 1.88. The maximum Gasteiger partial charge on any atom is 0.454 e. The number of fused-ring (bicyclic) bond motifs is 1. The molecular weight excluding hydrogens is 331 g/mol. The molecule has 3 aromatic carbocycles. The normalized spacial score (nSPS) is 12.0. The number of halogens is 3. The van der Waals surface area contributed by atoms with E-state index >= 15 is 0 Å². The molecule has 3 rings (SSSR count). The van der Waals surface area contributed by atoms with E-state index in [9.17, 15) is 18.0 Å². The number of hydrogen-bond donors (Lipinski definition) is 1. The molecule has 7 heteroatoms. The van der Waals surface area contributed by atoms with Gasteiger partial charge in [0.15, 0.2) is 0 Å². The van der Waals surface area contributed by atoms with Gasteiger partial charge < -0.3 is 5.73 Å². The molecule has 3 aromatic rings. The fourth-order valence-corrected chi connectivity index (χ4v) is 2.35. The minimum Gasteiger partial charge on any atom is -0.398 e. The van der Waals surface area contributed by atoms with E-state index in [2.05, 4.69) is 10.2 Å². The number of benzene rings is 3. The molecule has 0 atom stereocenters. The van der Waals surface area contributed by atoms with Gasteiger partial charge in [0.25, 0.3) is 5.78 Å². The van der Waals surface area contributed by atoms with Crippen LogP contribution in [-0.2, 0) is 0 Å². The minimum absolute atomic E-state index is 0.333. The van der Waals surface area contributed by atoms with Crippen molar-refractivity contribution in [3.63, 3.8) is 0 Å². The number of ketones is 1. The Morgan fingerprint density at radius 2 is 1.48 bits per heavy atom. The van der Waals surface area contributed by atoms with Crippen LogP contribution in [-0.4, -0.2) is 12.0 Å². The van der Waals surface area contributed by atoms with E-state index in [1.54, 1.807) is 12.1 Å². The molecule has 0 aliphatic carbocycles. The number of hydrogen-bond acceptors (Lipinski definition) is 4. The van der Waals surface area contributed by atoms with Gasteiger partial charge in [0.1, 0.15) is 0 Å². The molecule has 0 aliphatic rings. The first kappa shape index (κ1) is 16.6. The number of azo groups is 1. The molecule has 0 radical (unpaired) electrons. The lowest BCUT2D eigenvalue weighted by Crippen LogP contribution is -2.22. The number of nitrogens with two attached hydrogens (primary N) is 1. The first-order valence-electron chi connectivity index (χ1n) is 7.27. The number of carbonyl (C=O) groups excluding carboxylic acids is 1. The second kappa shape index (κ2) is 6.35. The van der Waals surface area contributed by atoms with Crippen molar-refractivity contribution in [3.8, 4) is 0 Å². The van der Waals surface area contributed by atoms with Gasteiger partial charge in [-0.2, -0.15) is 18.3 Å². The van der Waals surface area contributed by atoms with E-state index in [4.69, 9.17) is 5.73 Å². The molecule has 2 N–H and O–H groups in total. The molecule has 4 nitrogen and oxygen atoms in total. The van der Waals surface area contributed by atoms with E-state index < -0.39 is 17.5 Å². The fourth-order valence-electron chi connectivity index (χ4n) is 2.35. The zero-order valence-corrected chi connectivity index (χ0v) is 12.8. The number of carbonyl (C=O) groups is 1. The number of alkyl halides is 3. The third-order valence-corrected chi connectivity index (χ3v) is 3.59. The van der Waals surface area contributed by atoms with Crippen molar-refractivity contribution in [2.45, 2.75) is 6.18 Å². The Morgan fingerprint density at radius 3 is 2.12 bits per heavy atom. The molecule has 0 heterocycles. The second-order valence-electron chi connectivity index (χ2n) is 5.29. The van der Waals surface area contributed by atoms with E-state index in [0.717, 1.165) is 22.9 Å². The zero-order chi connectivity index (χ0) is 18.0. The third-order valence-electron chi connectivity index (χ3n) is 3.59. The highest BCUT2D eigenvalue weighted by atomic mass is 19.4. The number of nitrogens with zero attached hydrogens (tertiary/aromatic N) is 2. The summed E-state index contributed by atoms with van der Waals surface area (Å²) in [7, 11) is 0. The van der Waals surface area contributed by atoms with Gasteiger partial charge in [-0.25, -0.2) is 0 Å². The predicted octanol–water partition coefficient (Wildman–Crippen LogP) is 5.58. The summed E-state index contributed by atoms with van der Waals surface area (Å²) in [5.41, 5.74) is 7.01.